The van der Waals surface area contributed by atoms with Gasteiger partial charge in [-0.05, 0) is 31.2 Å². The Morgan fingerprint density at radius 2 is 2.00 bits per heavy atom. The average Bonchev–Trinajstić information content (AvgIpc) is 2.73. The minimum Gasteiger partial charge on any atom is -0.323 e. The smallest absolute Gasteiger partial charge is 0.273 e. The van der Waals surface area contributed by atoms with Gasteiger partial charge in [-0.3, -0.25) is 14.9 Å². The van der Waals surface area contributed by atoms with Crippen LogP contribution in [0.4, 0.5) is 11.4 Å². The molecule has 0 saturated carbocycles. The van der Waals surface area contributed by atoms with Crippen molar-refractivity contribution >= 4 is 17.3 Å². The molecular weight excluding hydrogens is 250 g/mol. The summed E-state index contributed by atoms with van der Waals surface area (Å²) in [4.78, 5) is 33.1. The molecule has 0 spiro atoms. The second kappa shape index (κ2) is 4.11. The van der Waals surface area contributed by atoms with E-state index in [1.54, 1.807) is 0 Å². The lowest BCUT2D eigenvalue weighted by atomic mass is 9.87. The van der Waals surface area contributed by atoms with Gasteiger partial charge >= 0.3 is 0 Å². The van der Waals surface area contributed by atoms with Crippen LogP contribution in [0.25, 0.3) is 0 Å². The van der Waals surface area contributed by atoms with Gasteiger partial charge in [-0.2, -0.15) is 0 Å². The molecule has 0 saturated heterocycles. The molecule has 1 aromatic carbocycles. The molecule has 1 N–H and O–H groups in total. The summed E-state index contributed by atoms with van der Waals surface area (Å²) in [5.74, 6) is -0.502. The van der Waals surface area contributed by atoms with Crippen LogP contribution in [0.1, 0.15) is 35.6 Å². The number of nitroso groups, excluding NO2 is 1. The Labute approximate surface area is 108 Å². The van der Waals surface area contributed by atoms with Crippen LogP contribution in [0.5, 0.6) is 0 Å². The van der Waals surface area contributed by atoms with Crippen LogP contribution < -0.4 is 5.32 Å². The lowest BCUT2D eigenvalue weighted by molar-refractivity contribution is -0.385. The normalized spacial score (nSPS) is 20.4. The van der Waals surface area contributed by atoms with Crippen LogP contribution in [0.2, 0.25) is 0 Å². The van der Waals surface area contributed by atoms with E-state index in [4.69, 9.17) is 0 Å². The SMILES string of the molecule is O=NC1C(=O)Nc2c1cc([N+](=O)[O-])c1c2CCCC1. The predicted molar refractivity (Wildman–Crippen MR) is 66.9 cm³/mol. The third-order valence-corrected chi connectivity index (χ3v) is 3.75. The number of fused-ring (bicyclic) bond motifs is 3. The third kappa shape index (κ3) is 1.61. The second-order valence-corrected chi connectivity index (χ2v) is 4.78. The summed E-state index contributed by atoms with van der Waals surface area (Å²) < 4.78 is 0. The summed E-state index contributed by atoms with van der Waals surface area (Å²) >= 11 is 0. The van der Waals surface area contributed by atoms with Gasteiger partial charge in [0.05, 0.1) is 10.6 Å². The average molecular weight is 261 g/mol. The number of rotatable bonds is 2. The molecule has 1 atom stereocenters. The van der Waals surface area contributed by atoms with E-state index in [9.17, 15) is 19.8 Å². The summed E-state index contributed by atoms with van der Waals surface area (Å²) in [6.07, 6.45) is 3.14. The highest BCUT2D eigenvalue weighted by molar-refractivity contribution is 6.04. The predicted octanol–water partition coefficient (Wildman–Crippen LogP) is 2.23. The first-order chi connectivity index (χ1) is 9.13. The molecule has 7 heteroatoms. The Bertz CT molecular complexity index is 611. The first-order valence-electron chi connectivity index (χ1n) is 6.10. The van der Waals surface area contributed by atoms with Gasteiger partial charge in [0, 0.05) is 17.2 Å². The van der Waals surface area contributed by atoms with Gasteiger partial charge in [0.1, 0.15) is 0 Å². The molecular formula is C12H11N3O4. The maximum atomic E-state index is 11.7. The molecule has 1 aliphatic heterocycles. The van der Waals surface area contributed by atoms with Gasteiger partial charge in [-0.1, -0.05) is 5.18 Å². The van der Waals surface area contributed by atoms with Gasteiger partial charge in [0.15, 0.2) is 6.04 Å². The number of anilines is 1. The van der Waals surface area contributed by atoms with Crippen molar-refractivity contribution in [3.05, 3.63) is 37.8 Å². The number of nitrogens with one attached hydrogen (secondary N) is 1. The zero-order valence-corrected chi connectivity index (χ0v) is 10.0. The largest absolute Gasteiger partial charge is 0.323 e. The number of nitrogens with zero attached hydrogens (tertiary/aromatic N) is 2. The standard InChI is InChI=1S/C12H11N3O4/c16-12-11(14-17)8-5-9(15(18)19)6-3-1-2-4-7(6)10(8)13-12/h5,11H,1-4H2,(H,13,16). The minimum absolute atomic E-state index is 0.00130. The lowest BCUT2D eigenvalue weighted by Crippen LogP contribution is -2.11. The summed E-state index contributed by atoms with van der Waals surface area (Å²) in [7, 11) is 0. The Hall–Kier alpha value is -2.31. The van der Waals surface area contributed by atoms with Crippen LogP contribution in [0.3, 0.4) is 0 Å². The van der Waals surface area contributed by atoms with Gasteiger partial charge in [0.2, 0.25) is 0 Å². The van der Waals surface area contributed by atoms with E-state index in [1.807, 2.05) is 0 Å². The van der Waals surface area contributed by atoms with Crippen molar-refractivity contribution in [3.63, 3.8) is 0 Å². The summed E-state index contributed by atoms with van der Waals surface area (Å²) in [6.45, 7) is 0. The Kier molecular flexibility index (Phi) is 2.55. The third-order valence-electron chi connectivity index (χ3n) is 3.75. The number of nitro groups is 1. The fourth-order valence-electron chi connectivity index (χ4n) is 2.91. The molecule has 1 heterocycles. The Balaban J connectivity index is 2.27. The van der Waals surface area contributed by atoms with Crippen molar-refractivity contribution in [2.45, 2.75) is 31.7 Å². The molecule has 98 valence electrons. The molecule has 1 unspecified atom stereocenters. The van der Waals surface area contributed by atoms with Crippen molar-refractivity contribution in [1.82, 2.24) is 0 Å². The fourth-order valence-corrected chi connectivity index (χ4v) is 2.91. The second-order valence-electron chi connectivity index (χ2n) is 4.78. The highest BCUT2D eigenvalue weighted by Gasteiger charge is 2.38. The van der Waals surface area contributed by atoms with E-state index in [0.717, 1.165) is 18.4 Å². The van der Waals surface area contributed by atoms with Gasteiger partial charge < -0.3 is 5.32 Å². The highest BCUT2D eigenvalue weighted by atomic mass is 16.6. The van der Waals surface area contributed by atoms with Gasteiger partial charge in [0.25, 0.3) is 11.6 Å². The molecule has 3 rings (SSSR count). The molecule has 2 aliphatic rings. The number of hydrogen-bond acceptors (Lipinski definition) is 5. The topological polar surface area (TPSA) is 102 Å². The summed E-state index contributed by atoms with van der Waals surface area (Å²) in [5, 5.41) is 16.6. The molecule has 1 aromatic rings. The number of amides is 1. The van der Waals surface area contributed by atoms with Crippen LogP contribution in [0, 0.1) is 15.0 Å². The van der Waals surface area contributed by atoms with Crippen LogP contribution >= 0.6 is 0 Å². The molecule has 0 radical (unpaired) electrons. The Morgan fingerprint density at radius 1 is 1.32 bits per heavy atom. The number of nitro benzene ring substituents is 1. The van der Waals surface area contributed by atoms with E-state index in [0.29, 0.717) is 29.7 Å². The minimum atomic E-state index is -1.17. The first-order valence-corrected chi connectivity index (χ1v) is 6.10. The van der Waals surface area contributed by atoms with Crippen molar-refractivity contribution in [2.24, 2.45) is 5.18 Å². The molecule has 19 heavy (non-hydrogen) atoms. The maximum absolute atomic E-state index is 11.7. The first kappa shape index (κ1) is 11.8. The van der Waals surface area contributed by atoms with Crippen molar-refractivity contribution < 1.29 is 9.72 Å². The number of benzene rings is 1. The van der Waals surface area contributed by atoms with Crippen LogP contribution in [-0.2, 0) is 17.6 Å². The lowest BCUT2D eigenvalue weighted by Gasteiger charge is -2.18. The summed E-state index contributed by atoms with van der Waals surface area (Å²) in [5.41, 5.74) is 2.39. The van der Waals surface area contributed by atoms with Gasteiger partial charge in [-0.15, -0.1) is 4.91 Å². The zero-order chi connectivity index (χ0) is 13.6. The summed E-state index contributed by atoms with van der Waals surface area (Å²) in [6, 6.07) is 0.157. The van der Waals surface area contributed by atoms with E-state index in [-0.39, 0.29) is 5.69 Å². The van der Waals surface area contributed by atoms with Crippen LogP contribution in [-0.4, -0.2) is 10.8 Å². The fraction of sp³-hybridized carbons (Fsp3) is 0.417. The van der Waals surface area contributed by atoms with E-state index < -0.39 is 16.9 Å². The number of carbonyl (C=O) groups excluding carboxylic acids is 1. The zero-order valence-electron chi connectivity index (χ0n) is 10.0. The maximum Gasteiger partial charge on any atom is 0.273 e. The van der Waals surface area contributed by atoms with Crippen molar-refractivity contribution in [3.8, 4) is 0 Å². The Morgan fingerprint density at radius 3 is 2.63 bits per heavy atom. The van der Waals surface area contributed by atoms with E-state index in [1.165, 1.54) is 6.07 Å². The molecule has 1 aliphatic carbocycles. The number of carbonyl (C=O) groups is 1. The van der Waals surface area contributed by atoms with Crippen LogP contribution in [0.15, 0.2) is 11.2 Å². The molecule has 0 bridgehead atoms. The van der Waals surface area contributed by atoms with Crippen molar-refractivity contribution in [2.75, 3.05) is 5.32 Å². The highest BCUT2D eigenvalue weighted by Crippen LogP contribution is 2.44. The van der Waals surface area contributed by atoms with Gasteiger partial charge in [-0.25, -0.2) is 0 Å². The molecule has 0 fully saturated rings. The molecule has 7 nitrogen and oxygen atoms in total. The molecule has 0 aromatic heterocycles. The van der Waals surface area contributed by atoms with Crippen molar-refractivity contribution in [1.29, 1.82) is 0 Å². The van der Waals surface area contributed by atoms with E-state index >= 15 is 0 Å². The quantitative estimate of drug-likeness (QED) is 0.501. The monoisotopic (exact) mass is 261 g/mol. The number of hydrogen-bond donors (Lipinski definition) is 1. The van der Waals surface area contributed by atoms with E-state index in [2.05, 4.69) is 10.5 Å². The molecule has 1 amide bonds.